The lowest BCUT2D eigenvalue weighted by Gasteiger charge is -2.42. The molecule has 146 valence electrons. The van der Waals surface area contributed by atoms with Gasteiger partial charge in [0.25, 0.3) is 11.5 Å². The number of carbonyl (C=O) groups is 2. The fraction of sp³-hybridized carbons (Fsp3) is 0.273. The van der Waals surface area contributed by atoms with Crippen molar-refractivity contribution in [1.82, 2.24) is 14.8 Å². The highest BCUT2D eigenvalue weighted by molar-refractivity contribution is 6.08. The summed E-state index contributed by atoms with van der Waals surface area (Å²) in [5, 5.41) is 11.6. The number of nitrogens with zero attached hydrogens (tertiary/aromatic N) is 3. The molecule has 1 N–H and O–H groups in total. The summed E-state index contributed by atoms with van der Waals surface area (Å²) in [5.74, 6) is -0.487. The van der Waals surface area contributed by atoms with E-state index in [2.05, 4.69) is 5.32 Å². The van der Waals surface area contributed by atoms with Crippen molar-refractivity contribution in [2.75, 3.05) is 13.1 Å². The van der Waals surface area contributed by atoms with Crippen molar-refractivity contribution in [1.29, 1.82) is 5.26 Å². The lowest BCUT2D eigenvalue weighted by atomic mass is 9.83. The molecule has 29 heavy (non-hydrogen) atoms. The number of imide groups is 1. The molecule has 1 fully saturated rings. The lowest BCUT2D eigenvalue weighted by Crippen LogP contribution is -2.52. The molecule has 1 aromatic carbocycles. The molecule has 2 atom stereocenters. The van der Waals surface area contributed by atoms with Crippen LogP contribution in [0.5, 0.6) is 0 Å². The Morgan fingerprint density at radius 1 is 1.07 bits per heavy atom. The zero-order chi connectivity index (χ0) is 20.4. The summed E-state index contributed by atoms with van der Waals surface area (Å²) in [6.07, 6.45) is 2.37. The van der Waals surface area contributed by atoms with Gasteiger partial charge < -0.3 is 9.47 Å². The third kappa shape index (κ3) is 3.83. The predicted octanol–water partition coefficient (Wildman–Crippen LogP) is 2.11. The van der Waals surface area contributed by atoms with E-state index < -0.39 is 11.9 Å². The molecule has 2 aromatic rings. The van der Waals surface area contributed by atoms with Crippen LogP contribution in [0.15, 0.2) is 58.9 Å². The molecule has 0 aliphatic carbocycles. The lowest BCUT2D eigenvalue weighted by molar-refractivity contribution is -0.116. The van der Waals surface area contributed by atoms with Crippen molar-refractivity contribution < 1.29 is 9.59 Å². The second-order valence-electron chi connectivity index (χ2n) is 7.44. The third-order valence-electron chi connectivity index (χ3n) is 5.46. The summed E-state index contributed by atoms with van der Waals surface area (Å²) in [5.41, 5.74) is 1.49. The van der Waals surface area contributed by atoms with Gasteiger partial charge in [-0.3, -0.25) is 14.9 Å². The number of pyridine rings is 1. The first-order valence-corrected chi connectivity index (χ1v) is 9.52. The number of nitrogens with one attached hydrogen (secondary N) is 1. The van der Waals surface area contributed by atoms with Crippen LogP contribution >= 0.6 is 0 Å². The minimum Gasteiger partial charge on any atom is -0.323 e. The second kappa shape index (κ2) is 7.76. The Kier molecular flexibility index (Phi) is 5.00. The summed E-state index contributed by atoms with van der Waals surface area (Å²) < 4.78 is 1.79. The number of urea groups is 1. The number of rotatable bonds is 2. The van der Waals surface area contributed by atoms with E-state index >= 15 is 0 Å². The van der Waals surface area contributed by atoms with Crippen LogP contribution in [0.3, 0.4) is 0 Å². The summed E-state index contributed by atoms with van der Waals surface area (Å²) in [6, 6.07) is 15.6. The van der Waals surface area contributed by atoms with Gasteiger partial charge in [-0.15, -0.1) is 0 Å². The fourth-order valence-electron chi connectivity index (χ4n) is 4.17. The van der Waals surface area contributed by atoms with E-state index in [0.29, 0.717) is 25.2 Å². The Morgan fingerprint density at radius 3 is 2.62 bits per heavy atom. The Bertz CT molecular complexity index is 1080. The zero-order valence-corrected chi connectivity index (χ0v) is 15.7. The minimum absolute atomic E-state index is 0.0185. The number of hydrogen-bond acceptors (Lipinski definition) is 4. The Balaban J connectivity index is 1.47. The van der Waals surface area contributed by atoms with E-state index in [1.54, 1.807) is 45.9 Å². The number of carbonyl (C=O) groups excluding carboxylic acids is 2. The van der Waals surface area contributed by atoms with Crippen LogP contribution in [-0.2, 0) is 11.3 Å². The van der Waals surface area contributed by atoms with E-state index in [1.165, 1.54) is 6.08 Å². The molecule has 0 saturated carbocycles. The molecule has 7 nitrogen and oxygen atoms in total. The molecule has 3 amide bonds. The fourth-order valence-corrected chi connectivity index (χ4v) is 4.17. The van der Waals surface area contributed by atoms with Crippen LogP contribution in [0, 0.1) is 17.2 Å². The highest BCUT2D eigenvalue weighted by atomic mass is 16.2. The van der Waals surface area contributed by atoms with Gasteiger partial charge >= 0.3 is 6.03 Å². The first kappa shape index (κ1) is 18.7. The van der Waals surface area contributed by atoms with Crippen LogP contribution < -0.4 is 10.9 Å². The van der Waals surface area contributed by atoms with Crippen LogP contribution in [0.25, 0.3) is 6.08 Å². The third-order valence-corrected chi connectivity index (χ3v) is 5.46. The van der Waals surface area contributed by atoms with Gasteiger partial charge in [-0.25, -0.2) is 4.79 Å². The van der Waals surface area contributed by atoms with Gasteiger partial charge in [-0.05, 0) is 30.0 Å². The average Bonchev–Trinajstić information content (AvgIpc) is 2.73. The number of likely N-dealkylation sites (tertiary alicyclic amines) is 1. The van der Waals surface area contributed by atoms with Gasteiger partial charge in [0.05, 0.1) is 0 Å². The van der Waals surface area contributed by atoms with E-state index in [9.17, 15) is 19.6 Å². The Hall–Kier alpha value is -3.66. The van der Waals surface area contributed by atoms with E-state index in [1.807, 2.05) is 18.2 Å². The monoisotopic (exact) mass is 388 g/mol. The van der Waals surface area contributed by atoms with Crippen LogP contribution in [-0.4, -0.2) is 34.5 Å². The highest BCUT2D eigenvalue weighted by Crippen LogP contribution is 2.34. The number of hydrogen-bond donors (Lipinski definition) is 1. The molecule has 2 aliphatic rings. The number of benzene rings is 1. The molecule has 7 heteroatoms. The number of nitriles is 1. The summed E-state index contributed by atoms with van der Waals surface area (Å²) in [4.78, 5) is 38.8. The predicted molar refractivity (Wildman–Crippen MR) is 107 cm³/mol. The molecule has 3 heterocycles. The molecule has 1 aromatic heterocycles. The highest BCUT2D eigenvalue weighted by Gasteiger charge is 2.36. The van der Waals surface area contributed by atoms with Gasteiger partial charge in [-0.2, -0.15) is 5.26 Å². The molecule has 0 spiro atoms. The molecule has 2 aliphatic heterocycles. The van der Waals surface area contributed by atoms with Crippen molar-refractivity contribution >= 4 is 18.0 Å². The molecular formula is C22H20N4O3. The average molecular weight is 388 g/mol. The molecule has 2 bridgehead atoms. The summed E-state index contributed by atoms with van der Waals surface area (Å²) in [6.45, 7) is 1.48. The Morgan fingerprint density at radius 2 is 1.86 bits per heavy atom. The molecule has 0 radical (unpaired) electrons. The maximum Gasteiger partial charge on any atom is 0.324 e. The van der Waals surface area contributed by atoms with Crippen molar-refractivity contribution in [2.45, 2.75) is 18.9 Å². The quantitative estimate of drug-likeness (QED) is 0.630. The van der Waals surface area contributed by atoms with Gasteiger partial charge in [0, 0.05) is 37.3 Å². The summed E-state index contributed by atoms with van der Waals surface area (Å²) >= 11 is 0. The van der Waals surface area contributed by atoms with Crippen LogP contribution in [0.2, 0.25) is 0 Å². The first-order valence-electron chi connectivity index (χ1n) is 9.52. The normalized spacial score (nSPS) is 20.4. The standard InChI is InChI=1S/C22H20N4O3/c23-11-17(9-15-5-2-1-3-6-15)21(28)24-22(29)25-12-16-10-18(14-25)19-7-4-8-20(27)26(19)13-16/h1-9,16,18H,10,12-14H2,(H,24,28,29)/b17-9+/t16-,18-/m0/s1. The SMILES string of the molecule is N#C/C(=C\c1ccccc1)C(=O)NC(=O)N1C[C@@H]2C[C@@H](C1)c1cccc(=O)n1C2. The number of amides is 3. The molecular weight excluding hydrogens is 368 g/mol. The van der Waals surface area contributed by atoms with Gasteiger partial charge in [0.15, 0.2) is 0 Å². The number of fused-ring (bicyclic) bond motifs is 4. The van der Waals surface area contributed by atoms with Gasteiger partial charge in [0.1, 0.15) is 11.6 Å². The van der Waals surface area contributed by atoms with E-state index in [-0.39, 0.29) is 23.0 Å². The molecule has 0 unspecified atom stereocenters. The minimum atomic E-state index is -0.714. The maximum absolute atomic E-state index is 12.7. The maximum atomic E-state index is 12.7. The zero-order valence-electron chi connectivity index (χ0n) is 15.7. The van der Waals surface area contributed by atoms with Crippen molar-refractivity contribution in [3.05, 3.63) is 75.7 Å². The second-order valence-corrected chi connectivity index (χ2v) is 7.44. The van der Waals surface area contributed by atoms with Crippen molar-refractivity contribution in [3.8, 4) is 6.07 Å². The molecule has 4 rings (SSSR count). The van der Waals surface area contributed by atoms with Crippen molar-refractivity contribution in [3.63, 3.8) is 0 Å². The number of piperidine rings is 1. The largest absolute Gasteiger partial charge is 0.324 e. The van der Waals surface area contributed by atoms with Crippen molar-refractivity contribution in [2.24, 2.45) is 5.92 Å². The van der Waals surface area contributed by atoms with E-state index in [4.69, 9.17) is 0 Å². The first-order chi connectivity index (χ1) is 14.0. The van der Waals surface area contributed by atoms with Gasteiger partial charge in [-0.1, -0.05) is 36.4 Å². The summed E-state index contributed by atoms with van der Waals surface area (Å²) in [7, 11) is 0. The number of aromatic nitrogens is 1. The van der Waals surface area contributed by atoms with E-state index in [0.717, 1.165) is 12.1 Å². The topological polar surface area (TPSA) is 95.2 Å². The smallest absolute Gasteiger partial charge is 0.323 e. The molecule has 1 saturated heterocycles. The Labute approximate surface area is 167 Å². The van der Waals surface area contributed by atoms with Crippen LogP contribution in [0.4, 0.5) is 4.79 Å². The van der Waals surface area contributed by atoms with Gasteiger partial charge in [0.2, 0.25) is 0 Å². The van der Waals surface area contributed by atoms with Crippen LogP contribution in [0.1, 0.15) is 23.6 Å².